The summed E-state index contributed by atoms with van der Waals surface area (Å²) in [5.41, 5.74) is -0.482. The molecule has 0 aliphatic heterocycles. The Balaban J connectivity index is 2.54. The van der Waals surface area contributed by atoms with Gasteiger partial charge in [0.15, 0.2) is 5.75 Å². The number of carbonyl (C=O) groups excluding carboxylic acids is 2. The van der Waals surface area contributed by atoms with Crippen molar-refractivity contribution in [3.05, 3.63) is 53.6 Å². The average molecular weight is 487 g/mol. The van der Waals surface area contributed by atoms with Crippen LogP contribution in [0.15, 0.2) is 52.3 Å². The van der Waals surface area contributed by atoms with Crippen molar-refractivity contribution in [2.24, 2.45) is 0 Å². The minimum atomic E-state index is -4.79. The van der Waals surface area contributed by atoms with E-state index in [1.165, 1.54) is 12.1 Å². The van der Waals surface area contributed by atoms with Crippen LogP contribution >= 0.6 is 0 Å². The number of carbonyl (C=O) groups is 2. The second kappa shape index (κ2) is 10.6. The molecule has 0 unspecified atom stereocenters. The van der Waals surface area contributed by atoms with Crippen LogP contribution in [0.3, 0.4) is 0 Å². The quantitative estimate of drug-likeness (QED) is 0.301. The molecule has 0 aliphatic carbocycles. The highest BCUT2D eigenvalue weighted by atomic mass is 32.2. The van der Waals surface area contributed by atoms with Gasteiger partial charge in [0.1, 0.15) is 9.79 Å². The van der Waals surface area contributed by atoms with Crippen molar-refractivity contribution in [2.45, 2.75) is 36.5 Å². The van der Waals surface area contributed by atoms with Gasteiger partial charge in [0.2, 0.25) is 0 Å². The lowest BCUT2D eigenvalue weighted by Crippen LogP contribution is -2.16. The summed E-state index contributed by atoms with van der Waals surface area (Å²) in [4.78, 5) is 23.2. The smallest absolute Gasteiger partial charge is 0.339 e. The zero-order chi connectivity index (χ0) is 23.9. The molecule has 0 atom stereocenters. The summed E-state index contributed by atoms with van der Waals surface area (Å²) in [5.74, 6) is -2.40. The Labute approximate surface area is 186 Å². The molecule has 174 valence electrons. The van der Waals surface area contributed by atoms with E-state index in [0.717, 1.165) is 30.3 Å². The van der Waals surface area contributed by atoms with Crippen molar-refractivity contribution >= 4 is 32.2 Å². The van der Waals surface area contributed by atoms with E-state index in [2.05, 4.69) is 0 Å². The van der Waals surface area contributed by atoms with Crippen LogP contribution in [0.1, 0.15) is 47.4 Å². The van der Waals surface area contributed by atoms with E-state index in [9.17, 15) is 31.0 Å². The molecule has 0 aromatic heterocycles. The maximum absolute atomic E-state index is 12.9. The highest BCUT2D eigenvalue weighted by molar-refractivity contribution is 7.87. The molecule has 0 fully saturated rings. The Morgan fingerprint density at radius 1 is 0.844 bits per heavy atom. The van der Waals surface area contributed by atoms with Gasteiger partial charge in [-0.1, -0.05) is 26.0 Å². The summed E-state index contributed by atoms with van der Waals surface area (Å²) in [5, 5.41) is 0. The number of rotatable bonds is 10. The van der Waals surface area contributed by atoms with Crippen molar-refractivity contribution in [3.63, 3.8) is 0 Å². The molecular weight excluding hydrogens is 464 g/mol. The van der Waals surface area contributed by atoms with Crippen LogP contribution in [0.4, 0.5) is 0 Å². The van der Waals surface area contributed by atoms with Crippen LogP contribution in [0.5, 0.6) is 5.75 Å². The Morgan fingerprint density at radius 3 is 1.81 bits per heavy atom. The first-order valence-corrected chi connectivity index (χ1v) is 12.3. The van der Waals surface area contributed by atoms with Gasteiger partial charge in [-0.15, -0.1) is 0 Å². The van der Waals surface area contributed by atoms with Crippen LogP contribution in [0.25, 0.3) is 0 Å². The van der Waals surface area contributed by atoms with E-state index < -0.39 is 47.7 Å². The van der Waals surface area contributed by atoms with Crippen LogP contribution in [0, 0.1) is 0 Å². The Kier molecular flexibility index (Phi) is 8.36. The average Bonchev–Trinajstić information content (AvgIpc) is 2.74. The predicted molar refractivity (Wildman–Crippen MR) is 112 cm³/mol. The maximum Gasteiger partial charge on any atom is 0.339 e. The van der Waals surface area contributed by atoms with Crippen LogP contribution in [-0.4, -0.2) is 46.5 Å². The predicted octanol–water partition coefficient (Wildman–Crippen LogP) is 2.83. The minimum Gasteiger partial charge on any atom is -0.462 e. The first-order chi connectivity index (χ1) is 15.0. The highest BCUT2D eigenvalue weighted by Crippen LogP contribution is 2.27. The Hall–Kier alpha value is -2.96. The molecule has 0 amide bonds. The number of benzene rings is 2. The minimum absolute atomic E-state index is 0.0731. The maximum atomic E-state index is 12.9. The van der Waals surface area contributed by atoms with E-state index in [0.29, 0.717) is 12.8 Å². The van der Waals surface area contributed by atoms with Gasteiger partial charge in [0.05, 0.1) is 24.3 Å². The SMILES string of the molecule is CCCOC(=O)c1cc(C(=O)OCCC)cc(S(=O)(=O)Oc2ccccc2S(=O)(=O)O)c1. The fourth-order valence-corrected chi connectivity index (χ4v) is 4.12. The first-order valence-electron chi connectivity index (χ1n) is 9.50. The van der Waals surface area contributed by atoms with Crippen LogP contribution in [-0.2, 0) is 29.7 Å². The first kappa shape index (κ1) is 25.3. The van der Waals surface area contributed by atoms with E-state index in [4.69, 9.17) is 13.7 Å². The van der Waals surface area contributed by atoms with E-state index in [1.807, 2.05) is 0 Å². The number of ether oxygens (including phenoxy) is 2. The van der Waals surface area contributed by atoms with Gasteiger partial charge in [0, 0.05) is 0 Å². The summed E-state index contributed by atoms with van der Waals surface area (Å²) in [6.45, 7) is 3.68. The molecule has 12 heteroatoms. The Morgan fingerprint density at radius 2 is 1.34 bits per heavy atom. The highest BCUT2D eigenvalue weighted by Gasteiger charge is 2.26. The summed E-state index contributed by atoms with van der Waals surface area (Å²) in [7, 11) is -9.53. The van der Waals surface area contributed by atoms with Crippen molar-refractivity contribution in [3.8, 4) is 5.75 Å². The molecule has 2 aromatic rings. The van der Waals surface area contributed by atoms with Gasteiger partial charge in [0.25, 0.3) is 10.1 Å². The lowest BCUT2D eigenvalue weighted by Gasteiger charge is -2.12. The number of hydrogen-bond acceptors (Lipinski definition) is 9. The molecule has 0 spiro atoms. The van der Waals surface area contributed by atoms with Crippen LogP contribution in [0.2, 0.25) is 0 Å². The topological polar surface area (TPSA) is 150 Å². The standard InChI is InChI=1S/C20H22O10S2/c1-3-9-28-19(21)14-11-15(20(22)29-10-4-2)13-16(12-14)32(26,27)30-17-7-5-6-8-18(17)31(23,24)25/h5-8,11-13H,3-4,9-10H2,1-2H3,(H,23,24,25). The normalized spacial score (nSPS) is 11.6. The fraction of sp³-hybridized carbons (Fsp3) is 0.300. The summed E-state index contributed by atoms with van der Waals surface area (Å²) >= 11 is 0. The number of esters is 2. The molecular formula is C20H22O10S2. The van der Waals surface area contributed by atoms with E-state index >= 15 is 0 Å². The molecule has 2 rings (SSSR count). The molecule has 0 bridgehead atoms. The lowest BCUT2D eigenvalue weighted by atomic mass is 10.1. The van der Waals surface area contributed by atoms with Gasteiger partial charge in [-0.3, -0.25) is 4.55 Å². The van der Waals surface area contributed by atoms with Gasteiger partial charge < -0.3 is 13.7 Å². The summed E-state index contributed by atoms with van der Waals surface area (Å²) in [6, 6.07) is 7.52. The molecule has 32 heavy (non-hydrogen) atoms. The van der Waals surface area contributed by atoms with E-state index in [-0.39, 0.29) is 24.3 Å². The molecule has 0 aliphatic rings. The monoisotopic (exact) mass is 486 g/mol. The Bertz CT molecular complexity index is 1160. The third-order valence-electron chi connectivity index (χ3n) is 3.87. The second-order valence-electron chi connectivity index (χ2n) is 6.48. The molecule has 10 nitrogen and oxygen atoms in total. The third-order valence-corrected chi connectivity index (χ3v) is 5.97. The lowest BCUT2D eigenvalue weighted by molar-refractivity contribution is 0.0503. The van der Waals surface area contributed by atoms with Crippen molar-refractivity contribution in [1.82, 2.24) is 0 Å². The number of para-hydroxylation sites is 1. The molecule has 0 radical (unpaired) electrons. The molecule has 1 N–H and O–H groups in total. The summed E-state index contributed by atoms with van der Waals surface area (Å²) < 4.78 is 73.0. The number of hydrogen-bond donors (Lipinski definition) is 1. The van der Waals surface area contributed by atoms with Gasteiger partial charge >= 0.3 is 22.1 Å². The largest absolute Gasteiger partial charge is 0.462 e. The second-order valence-corrected chi connectivity index (χ2v) is 9.41. The molecule has 0 saturated carbocycles. The third kappa shape index (κ3) is 6.52. The fourth-order valence-electron chi connectivity index (χ4n) is 2.43. The van der Waals surface area contributed by atoms with Gasteiger partial charge in [-0.25, -0.2) is 9.59 Å². The van der Waals surface area contributed by atoms with Gasteiger partial charge in [-0.05, 0) is 43.2 Å². The van der Waals surface area contributed by atoms with Crippen molar-refractivity contribution < 1.29 is 44.6 Å². The van der Waals surface area contributed by atoms with Gasteiger partial charge in [-0.2, -0.15) is 16.8 Å². The van der Waals surface area contributed by atoms with Crippen LogP contribution < -0.4 is 4.18 Å². The molecule has 0 heterocycles. The van der Waals surface area contributed by atoms with Crippen molar-refractivity contribution in [2.75, 3.05) is 13.2 Å². The summed E-state index contributed by atoms with van der Waals surface area (Å²) in [6.07, 6.45) is 1.04. The zero-order valence-corrected chi connectivity index (χ0v) is 18.9. The van der Waals surface area contributed by atoms with E-state index in [1.54, 1.807) is 13.8 Å². The zero-order valence-electron chi connectivity index (χ0n) is 17.3. The van der Waals surface area contributed by atoms with Crippen molar-refractivity contribution in [1.29, 1.82) is 0 Å². The molecule has 2 aromatic carbocycles. The molecule has 0 saturated heterocycles.